The molecule has 4 aliphatic rings. The quantitative estimate of drug-likeness (QED) is 0.333. The maximum absolute atomic E-state index is 14.1. The lowest BCUT2D eigenvalue weighted by Gasteiger charge is -2.41. The standard InChI is InChI=1S/C33H39FN2O7/c1-42-27-13-20(17-38)12-24-29-25(33(41)35-8-9-37)15-26(30(40)32(29)43-31(24)27)36(16-18-3-6-23(34)7-4-18)28(39)14-22-11-19-2-5-21(22)10-19/h3-4,6-7,12-13,15,19,21-22,26,29-30,32,37-38,40H,2,5,8-11,14,16-17H2,1H3,(H,35,41)/t19?,21?,22?,26-,29+,30+,32+/m1/s1. The van der Waals surface area contributed by atoms with E-state index in [9.17, 15) is 29.3 Å². The third kappa shape index (κ3) is 5.63. The number of benzene rings is 2. The van der Waals surface area contributed by atoms with Crippen molar-refractivity contribution in [3.05, 3.63) is 70.6 Å². The summed E-state index contributed by atoms with van der Waals surface area (Å²) in [6.45, 7) is -0.374. The van der Waals surface area contributed by atoms with Gasteiger partial charge in [-0.15, -0.1) is 0 Å². The fraction of sp³-hybridized carbons (Fsp3) is 0.515. The predicted molar refractivity (Wildman–Crippen MR) is 155 cm³/mol. The largest absolute Gasteiger partial charge is 0.493 e. The van der Waals surface area contributed by atoms with Crippen LogP contribution in [0.25, 0.3) is 0 Å². The first-order chi connectivity index (χ1) is 20.8. The number of aliphatic hydroxyl groups excluding tert-OH is 3. The number of rotatable bonds is 10. The Morgan fingerprint density at radius 3 is 2.56 bits per heavy atom. The second kappa shape index (κ2) is 12.3. The molecule has 6 rings (SSSR count). The van der Waals surface area contributed by atoms with Crippen LogP contribution < -0.4 is 14.8 Å². The number of aliphatic hydroxyl groups is 3. The van der Waals surface area contributed by atoms with Crippen molar-refractivity contribution < 1.29 is 38.8 Å². The molecule has 1 heterocycles. The Labute approximate surface area is 250 Å². The van der Waals surface area contributed by atoms with Crippen LogP contribution in [0.3, 0.4) is 0 Å². The van der Waals surface area contributed by atoms with E-state index < -0.39 is 30.1 Å². The minimum absolute atomic E-state index is 0.0248. The van der Waals surface area contributed by atoms with Crippen molar-refractivity contribution in [2.75, 3.05) is 20.3 Å². The Hall–Kier alpha value is -3.47. The van der Waals surface area contributed by atoms with E-state index in [1.54, 1.807) is 35.2 Å². The summed E-state index contributed by atoms with van der Waals surface area (Å²) in [5.41, 5.74) is 2.14. The third-order valence-corrected chi connectivity index (χ3v) is 9.76. The number of fused-ring (bicyclic) bond motifs is 5. The molecule has 3 unspecified atom stereocenters. The molecule has 0 aromatic heterocycles. The van der Waals surface area contributed by atoms with Gasteiger partial charge in [-0.3, -0.25) is 9.59 Å². The molecule has 2 fully saturated rings. The van der Waals surface area contributed by atoms with Crippen LogP contribution in [-0.2, 0) is 22.7 Å². The topological polar surface area (TPSA) is 129 Å². The van der Waals surface area contributed by atoms with Crippen LogP contribution >= 0.6 is 0 Å². The van der Waals surface area contributed by atoms with Gasteiger partial charge in [0.2, 0.25) is 11.8 Å². The molecule has 2 aromatic rings. The van der Waals surface area contributed by atoms with Crippen LogP contribution in [0.5, 0.6) is 11.5 Å². The SMILES string of the molecule is COc1cc(CO)cc2c1O[C@@H]1[C@@H](O)[C@H](N(Cc3ccc(F)cc3)C(=O)CC3CC4CCC3C4)C=C(C(=O)NCCO)[C@H]21. The van der Waals surface area contributed by atoms with Gasteiger partial charge in [-0.1, -0.05) is 18.6 Å². The molecule has 2 saturated carbocycles. The van der Waals surface area contributed by atoms with Gasteiger partial charge < -0.3 is 35.0 Å². The zero-order valence-electron chi connectivity index (χ0n) is 24.2. The Morgan fingerprint density at radius 2 is 1.91 bits per heavy atom. The zero-order chi connectivity index (χ0) is 30.2. The Balaban J connectivity index is 1.39. The van der Waals surface area contributed by atoms with Gasteiger partial charge in [0.15, 0.2) is 11.5 Å². The second-order valence-electron chi connectivity index (χ2n) is 12.3. The molecule has 9 nitrogen and oxygen atoms in total. The summed E-state index contributed by atoms with van der Waals surface area (Å²) in [6, 6.07) is 8.39. The van der Waals surface area contributed by atoms with Gasteiger partial charge in [0.1, 0.15) is 18.0 Å². The predicted octanol–water partition coefficient (Wildman–Crippen LogP) is 2.80. The van der Waals surface area contributed by atoms with Crippen molar-refractivity contribution >= 4 is 11.8 Å². The molecular weight excluding hydrogens is 555 g/mol. The van der Waals surface area contributed by atoms with Crippen molar-refractivity contribution in [2.24, 2.45) is 17.8 Å². The normalized spacial score (nSPS) is 28.5. The highest BCUT2D eigenvalue weighted by Crippen LogP contribution is 2.52. The highest BCUT2D eigenvalue weighted by Gasteiger charge is 2.52. The molecule has 7 atom stereocenters. The van der Waals surface area contributed by atoms with Crippen molar-refractivity contribution in [2.45, 2.75) is 69.4 Å². The summed E-state index contributed by atoms with van der Waals surface area (Å²) in [5, 5.41) is 33.9. The molecule has 0 saturated heterocycles. The lowest BCUT2D eigenvalue weighted by atomic mass is 9.77. The van der Waals surface area contributed by atoms with Gasteiger partial charge >= 0.3 is 0 Å². The van der Waals surface area contributed by atoms with Crippen LogP contribution in [0.4, 0.5) is 4.39 Å². The van der Waals surface area contributed by atoms with Crippen molar-refractivity contribution in [1.29, 1.82) is 0 Å². The minimum atomic E-state index is -1.21. The summed E-state index contributed by atoms with van der Waals surface area (Å²) < 4.78 is 25.6. The van der Waals surface area contributed by atoms with Crippen LogP contribution in [0.1, 0.15) is 54.7 Å². The molecule has 3 aliphatic carbocycles. The average molecular weight is 595 g/mol. The summed E-state index contributed by atoms with van der Waals surface area (Å²) in [7, 11) is 1.48. The molecule has 0 spiro atoms. The van der Waals surface area contributed by atoms with Crippen LogP contribution in [0.15, 0.2) is 48.0 Å². The number of hydrogen-bond acceptors (Lipinski definition) is 7. The summed E-state index contributed by atoms with van der Waals surface area (Å²) >= 11 is 0. The molecule has 0 radical (unpaired) electrons. The lowest BCUT2D eigenvalue weighted by Crippen LogP contribution is -2.55. The number of nitrogens with one attached hydrogen (secondary N) is 1. The second-order valence-corrected chi connectivity index (χ2v) is 12.3. The number of halogens is 1. The number of carbonyl (C=O) groups excluding carboxylic acids is 2. The molecule has 4 N–H and O–H groups in total. The molecule has 230 valence electrons. The highest BCUT2D eigenvalue weighted by molar-refractivity contribution is 5.96. The van der Waals surface area contributed by atoms with Gasteiger partial charge in [0.25, 0.3) is 0 Å². The van der Waals surface area contributed by atoms with E-state index in [1.807, 2.05) is 0 Å². The van der Waals surface area contributed by atoms with Gasteiger partial charge in [0.05, 0.1) is 32.3 Å². The fourth-order valence-electron chi connectivity index (χ4n) is 7.73. The molecule has 43 heavy (non-hydrogen) atoms. The van der Waals surface area contributed by atoms with E-state index in [0.717, 1.165) is 19.3 Å². The minimum Gasteiger partial charge on any atom is -0.493 e. The van der Waals surface area contributed by atoms with E-state index in [0.29, 0.717) is 52.0 Å². The molecule has 1 aliphatic heterocycles. The van der Waals surface area contributed by atoms with Crippen LogP contribution in [-0.4, -0.2) is 70.5 Å². The average Bonchev–Trinajstić information content (AvgIpc) is 3.74. The maximum atomic E-state index is 14.1. The molecule has 2 aromatic carbocycles. The third-order valence-electron chi connectivity index (χ3n) is 9.76. The Bertz CT molecular complexity index is 1400. The molecular formula is C33H39FN2O7. The number of carbonyl (C=O) groups is 2. The molecule has 2 bridgehead atoms. The van der Waals surface area contributed by atoms with Crippen molar-refractivity contribution in [3.8, 4) is 11.5 Å². The lowest BCUT2D eigenvalue weighted by molar-refractivity contribution is -0.139. The van der Waals surface area contributed by atoms with Gasteiger partial charge in [0, 0.05) is 30.6 Å². The first-order valence-corrected chi connectivity index (χ1v) is 15.1. The Morgan fingerprint density at radius 1 is 1.12 bits per heavy atom. The fourth-order valence-corrected chi connectivity index (χ4v) is 7.73. The summed E-state index contributed by atoms with van der Waals surface area (Å²) in [5.74, 6) is 0.533. The maximum Gasteiger partial charge on any atom is 0.247 e. The van der Waals surface area contributed by atoms with E-state index in [1.165, 1.54) is 25.7 Å². The van der Waals surface area contributed by atoms with E-state index in [-0.39, 0.29) is 43.9 Å². The first kappa shape index (κ1) is 29.6. The van der Waals surface area contributed by atoms with Crippen LogP contribution in [0.2, 0.25) is 0 Å². The summed E-state index contributed by atoms with van der Waals surface area (Å²) in [6.07, 6.45) is 4.38. The van der Waals surface area contributed by atoms with Gasteiger partial charge in [-0.25, -0.2) is 4.39 Å². The van der Waals surface area contributed by atoms with Crippen molar-refractivity contribution in [1.82, 2.24) is 10.2 Å². The number of nitrogens with zero attached hydrogens (tertiary/aromatic N) is 1. The van der Waals surface area contributed by atoms with Gasteiger partial charge in [-0.2, -0.15) is 0 Å². The Kier molecular flexibility index (Phi) is 8.44. The monoisotopic (exact) mass is 594 g/mol. The smallest absolute Gasteiger partial charge is 0.247 e. The number of methoxy groups -OCH3 is 1. The number of amides is 2. The van der Waals surface area contributed by atoms with Crippen molar-refractivity contribution in [3.63, 3.8) is 0 Å². The van der Waals surface area contributed by atoms with Gasteiger partial charge in [-0.05, 0) is 78.5 Å². The number of ether oxygens (including phenoxy) is 2. The molecule has 10 heteroatoms. The summed E-state index contributed by atoms with van der Waals surface area (Å²) in [4.78, 5) is 29.3. The van der Waals surface area contributed by atoms with E-state index in [4.69, 9.17) is 9.47 Å². The van der Waals surface area contributed by atoms with E-state index >= 15 is 0 Å². The molecule has 2 amide bonds. The first-order valence-electron chi connectivity index (χ1n) is 15.1. The zero-order valence-corrected chi connectivity index (χ0v) is 24.2. The number of hydrogen-bond donors (Lipinski definition) is 4. The van der Waals surface area contributed by atoms with E-state index in [2.05, 4.69) is 5.32 Å². The van der Waals surface area contributed by atoms with Crippen LogP contribution in [0, 0.1) is 23.6 Å². The highest BCUT2D eigenvalue weighted by atomic mass is 19.1.